The fraction of sp³-hybridized carbons (Fsp3) is 0.214. The van der Waals surface area contributed by atoms with Crippen LogP contribution in [0.1, 0.15) is 5.56 Å². The SMILES string of the molecule is O=C(Cl)C1C=CC=CC1(F)OCc1ccccc1. The average molecular weight is 267 g/mol. The standard InChI is InChI=1S/C14H12ClFO2/c15-13(17)12-8-4-5-9-14(12,16)18-10-11-6-2-1-3-7-11/h1-9,12H,10H2. The zero-order valence-electron chi connectivity index (χ0n) is 9.55. The summed E-state index contributed by atoms with van der Waals surface area (Å²) in [6, 6.07) is 9.18. The number of ether oxygens (including phenoxy) is 1. The second-order valence-electron chi connectivity index (χ2n) is 4.00. The Morgan fingerprint density at radius 3 is 2.72 bits per heavy atom. The zero-order valence-corrected chi connectivity index (χ0v) is 10.3. The van der Waals surface area contributed by atoms with E-state index in [9.17, 15) is 9.18 Å². The van der Waals surface area contributed by atoms with Gasteiger partial charge in [-0.25, -0.2) is 4.39 Å². The maximum absolute atomic E-state index is 14.5. The van der Waals surface area contributed by atoms with Gasteiger partial charge in [0.1, 0.15) is 5.92 Å². The van der Waals surface area contributed by atoms with Gasteiger partial charge in [0.2, 0.25) is 11.1 Å². The van der Waals surface area contributed by atoms with Crippen LogP contribution < -0.4 is 0 Å². The van der Waals surface area contributed by atoms with E-state index in [-0.39, 0.29) is 6.61 Å². The summed E-state index contributed by atoms with van der Waals surface area (Å²) >= 11 is 5.38. The quantitative estimate of drug-likeness (QED) is 0.781. The lowest BCUT2D eigenvalue weighted by atomic mass is 9.96. The van der Waals surface area contributed by atoms with Gasteiger partial charge in [0.05, 0.1) is 6.61 Å². The molecule has 94 valence electrons. The minimum atomic E-state index is -2.18. The Labute approximate surface area is 110 Å². The maximum atomic E-state index is 14.5. The lowest BCUT2D eigenvalue weighted by Crippen LogP contribution is -2.37. The van der Waals surface area contributed by atoms with E-state index in [1.165, 1.54) is 18.2 Å². The summed E-state index contributed by atoms with van der Waals surface area (Å²) in [4.78, 5) is 11.2. The van der Waals surface area contributed by atoms with Crippen molar-refractivity contribution in [2.45, 2.75) is 12.5 Å². The van der Waals surface area contributed by atoms with Crippen LogP contribution in [0.25, 0.3) is 0 Å². The van der Waals surface area contributed by atoms with Gasteiger partial charge in [-0.05, 0) is 23.2 Å². The summed E-state index contributed by atoms with van der Waals surface area (Å²) in [5.74, 6) is -3.28. The molecule has 0 fully saturated rings. The first-order valence-corrected chi connectivity index (χ1v) is 5.92. The smallest absolute Gasteiger partial charge is 0.243 e. The molecule has 0 heterocycles. The first-order valence-electron chi connectivity index (χ1n) is 5.54. The van der Waals surface area contributed by atoms with Gasteiger partial charge < -0.3 is 4.74 Å². The minimum absolute atomic E-state index is 0.0796. The van der Waals surface area contributed by atoms with Crippen molar-refractivity contribution in [3.63, 3.8) is 0 Å². The van der Waals surface area contributed by atoms with Crippen LogP contribution in [0.2, 0.25) is 0 Å². The Morgan fingerprint density at radius 1 is 1.33 bits per heavy atom. The molecule has 0 spiro atoms. The average Bonchev–Trinajstić information content (AvgIpc) is 2.38. The highest BCUT2D eigenvalue weighted by molar-refractivity contribution is 6.64. The summed E-state index contributed by atoms with van der Waals surface area (Å²) in [5, 5.41) is -0.772. The molecule has 18 heavy (non-hydrogen) atoms. The van der Waals surface area contributed by atoms with E-state index < -0.39 is 17.0 Å². The van der Waals surface area contributed by atoms with Crippen molar-refractivity contribution in [3.05, 3.63) is 60.2 Å². The van der Waals surface area contributed by atoms with Gasteiger partial charge in [0.25, 0.3) is 0 Å². The molecule has 1 aliphatic rings. The first-order chi connectivity index (χ1) is 8.62. The largest absolute Gasteiger partial charge is 0.337 e. The van der Waals surface area contributed by atoms with Gasteiger partial charge in [-0.15, -0.1) is 0 Å². The van der Waals surface area contributed by atoms with E-state index in [0.717, 1.165) is 5.56 Å². The molecule has 0 N–H and O–H groups in total. The van der Waals surface area contributed by atoms with Crippen LogP contribution in [0.4, 0.5) is 4.39 Å². The number of carbonyl (C=O) groups excluding carboxylic acids is 1. The summed E-state index contributed by atoms with van der Waals surface area (Å²) < 4.78 is 19.7. The molecule has 0 amide bonds. The second kappa shape index (κ2) is 5.46. The van der Waals surface area contributed by atoms with E-state index in [2.05, 4.69) is 0 Å². The summed E-state index contributed by atoms with van der Waals surface area (Å²) in [6.07, 6.45) is 5.69. The molecule has 2 nitrogen and oxygen atoms in total. The van der Waals surface area contributed by atoms with Crippen LogP contribution in [0.15, 0.2) is 54.6 Å². The Balaban J connectivity index is 2.09. The molecule has 2 unspecified atom stereocenters. The van der Waals surface area contributed by atoms with Crippen molar-refractivity contribution < 1.29 is 13.9 Å². The summed E-state index contributed by atoms with van der Waals surface area (Å²) in [7, 11) is 0. The lowest BCUT2D eigenvalue weighted by Gasteiger charge is -2.28. The van der Waals surface area contributed by atoms with E-state index in [0.29, 0.717) is 0 Å². The molecule has 0 radical (unpaired) electrons. The first kappa shape index (κ1) is 13.0. The van der Waals surface area contributed by atoms with Crippen LogP contribution in [-0.2, 0) is 16.1 Å². The number of hydrogen-bond acceptors (Lipinski definition) is 2. The van der Waals surface area contributed by atoms with Gasteiger partial charge >= 0.3 is 0 Å². The van der Waals surface area contributed by atoms with Crippen LogP contribution >= 0.6 is 11.6 Å². The Kier molecular flexibility index (Phi) is 3.94. The number of benzene rings is 1. The third-order valence-electron chi connectivity index (χ3n) is 2.71. The fourth-order valence-electron chi connectivity index (χ4n) is 1.73. The van der Waals surface area contributed by atoms with Gasteiger partial charge in [0.15, 0.2) is 0 Å². The van der Waals surface area contributed by atoms with Crippen LogP contribution in [0.5, 0.6) is 0 Å². The van der Waals surface area contributed by atoms with Crippen molar-refractivity contribution in [1.82, 2.24) is 0 Å². The van der Waals surface area contributed by atoms with Gasteiger partial charge in [-0.2, -0.15) is 0 Å². The molecule has 0 aromatic heterocycles. The molecule has 0 aliphatic heterocycles. The molecule has 4 heteroatoms. The number of carbonyl (C=O) groups is 1. The van der Waals surface area contributed by atoms with Crippen molar-refractivity contribution in [2.75, 3.05) is 0 Å². The van der Waals surface area contributed by atoms with Crippen molar-refractivity contribution in [1.29, 1.82) is 0 Å². The highest BCUT2D eigenvalue weighted by Crippen LogP contribution is 2.32. The van der Waals surface area contributed by atoms with Crippen molar-refractivity contribution in [3.8, 4) is 0 Å². The summed E-state index contributed by atoms with van der Waals surface area (Å²) in [6.45, 7) is 0.0796. The van der Waals surface area contributed by atoms with Crippen molar-refractivity contribution in [2.24, 2.45) is 5.92 Å². The highest BCUT2D eigenvalue weighted by atomic mass is 35.5. The molecule has 1 aromatic rings. The predicted octanol–water partition coefficient (Wildman–Crippen LogP) is 3.38. The van der Waals surface area contributed by atoms with Gasteiger partial charge in [-0.1, -0.05) is 48.6 Å². The maximum Gasteiger partial charge on any atom is 0.243 e. The Morgan fingerprint density at radius 2 is 2.06 bits per heavy atom. The molecule has 0 saturated carbocycles. The minimum Gasteiger partial charge on any atom is -0.337 e. The molecule has 0 saturated heterocycles. The normalized spacial score (nSPS) is 26.2. The number of halogens is 2. The molecular formula is C14H12ClFO2. The molecular weight excluding hydrogens is 255 g/mol. The zero-order chi connectivity index (χ0) is 13.0. The van der Waals surface area contributed by atoms with E-state index in [1.54, 1.807) is 6.08 Å². The fourth-order valence-corrected chi connectivity index (χ4v) is 1.95. The van der Waals surface area contributed by atoms with Crippen LogP contribution in [0, 0.1) is 5.92 Å². The third-order valence-corrected chi connectivity index (χ3v) is 2.94. The monoisotopic (exact) mass is 266 g/mol. The number of hydrogen-bond donors (Lipinski definition) is 0. The number of alkyl halides is 1. The predicted molar refractivity (Wildman–Crippen MR) is 67.7 cm³/mol. The molecule has 2 rings (SSSR count). The summed E-state index contributed by atoms with van der Waals surface area (Å²) in [5.41, 5.74) is 0.832. The van der Waals surface area contributed by atoms with E-state index in [4.69, 9.17) is 16.3 Å². The lowest BCUT2D eigenvalue weighted by molar-refractivity contribution is -0.154. The van der Waals surface area contributed by atoms with E-state index in [1.807, 2.05) is 30.3 Å². The Bertz CT molecular complexity index is 484. The number of rotatable bonds is 4. The van der Waals surface area contributed by atoms with E-state index >= 15 is 0 Å². The highest BCUT2D eigenvalue weighted by Gasteiger charge is 2.41. The van der Waals surface area contributed by atoms with Gasteiger partial charge in [-0.3, -0.25) is 4.79 Å². The van der Waals surface area contributed by atoms with Gasteiger partial charge in [0, 0.05) is 0 Å². The van der Waals surface area contributed by atoms with Crippen LogP contribution in [-0.4, -0.2) is 11.1 Å². The molecule has 0 bridgehead atoms. The topological polar surface area (TPSA) is 26.3 Å². The second-order valence-corrected chi connectivity index (χ2v) is 4.37. The Hall–Kier alpha value is -1.45. The molecule has 1 aromatic carbocycles. The third kappa shape index (κ3) is 2.86. The molecule has 2 atom stereocenters. The number of allylic oxidation sites excluding steroid dienone is 2. The van der Waals surface area contributed by atoms with Crippen molar-refractivity contribution >= 4 is 16.8 Å². The van der Waals surface area contributed by atoms with Crippen LogP contribution in [0.3, 0.4) is 0 Å². The molecule has 1 aliphatic carbocycles.